The lowest BCUT2D eigenvalue weighted by molar-refractivity contribution is -0.136. The molecule has 2 aromatic rings. The Morgan fingerprint density at radius 1 is 1.11 bits per heavy atom. The van der Waals surface area contributed by atoms with E-state index in [9.17, 15) is 29.4 Å². The molecule has 2 aromatic carbocycles. The molecule has 0 saturated heterocycles. The van der Waals surface area contributed by atoms with E-state index in [-0.39, 0.29) is 59.3 Å². The summed E-state index contributed by atoms with van der Waals surface area (Å²) in [4.78, 5) is 49.1. The van der Waals surface area contributed by atoms with Crippen LogP contribution in [0.4, 0.5) is 0 Å². The van der Waals surface area contributed by atoms with Gasteiger partial charge in [-0.05, 0) is 19.8 Å². The molecule has 0 heterocycles. The van der Waals surface area contributed by atoms with Crippen molar-refractivity contribution < 1.29 is 34.1 Å². The van der Waals surface area contributed by atoms with E-state index in [1.807, 2.05) is 0 Å². The molecule has 0 amide bonds. The average Bonchev–Trinajstić information content (AvgIpc) is 2.68. The molecule has 0 aliphatic heterocycles. The van der Waals surface area contributed by atoms with E-state index in [2.05, 4.69) is 0 Å². The summed E-state index contributed by atoms with van der Waals surface area (Å²) in [6, 6.07) is 6.18. The van der Waals surface area contributed by atoms with Crippen molar-refractivity contribution in [2.45, 2.75) is 31.8 Å². The van der Waals surface area contributed by atoms with Gasteiger partial charge in [0.1, 0.15) is 17.1 Å². The molecule has 0 saturated carbocycles. The highest BCUT2D eigenvalue weighted by Gasteiger charge is 2.44. The molecule has 1 atom stereocenters. The molecule has 142 valence electrons. The molecule has 4 rings (SSSR count). The molecular formula is C21H16O7. The van der Waals surface area contributed by atoms with Gasteiger partial charge >= 0.3 is 0 Å². The Morgan fingerprint density at radius 3 is 2.29 bits per heavy atom. The van der Waals surface area contributed by atoms with Crippen LogP contribution in [0.25, 0.3) is 0 Å². The molecule has 2 aliphatic carbocycles. The minimum Gasteiger partial charge on any atom is -0.507 e. The maximum atomic E-state index is 13.1. The summed E-state index contributed by atoms with van der Waals surface area (Å²) in [5, 5.41) is 21.5. The average molecular weight is 380 g/mol. The molecule has 0 unspecified atom stereocenters. The molecule has 0 aromatic heterocycles. The van der Waals surface area contributed by atoms with E-state index >= 15 is 0 Å². The fraction of sp³-hybridized carbons (Fsp3) is 0.238. The smallest absolute Gasteiger partial charge is 0.298 e. The topological polar surface area (TPSA) is 118 Å². The van der Waals surface area contributed by atoms with Crippen molar-refractivity contribution in [3.8, 4) is 11.5 Å². The lowest BCUT2D eigenvalue weighted by Crippen LogP contribution is -2.43. The summed E-state index contributed by atoms with van der Waals surface area (Å²) in [6.45, 7) is 1.39. The van der Waals surface area contributed by atoms with Gasteiger partial charge in [0.15, 0.2) is 17.3 Å². The third kappa shape index (κ3) is 2.33. The molecule has 7 nitrogen and oxygen atoms in total. The summed E-state index contributed by atoms with van der Waals surface area (Å²) in [6.07, 6.45) is -0.102. The zero-order valence-corrected chi connectivity index (χ0v) is 14.9. The Balaban J connectivity index is 2.04. The SMILES string of the molecule is CC(=O)[C@@]1(O)CCc2c(c(O)c3c(c2OC=O)C(=O)c2ccccc2C3=O)C1. The van der Waals surface area contributed by atoms with Crippen molar-refractivity contribution >= 4 is 23.8 Å². The molecular weight excluding hydrogens is 364 g/mol. The predicted octanol–water partition coefficient (Wildman–Crippen LogP) is 1.51. The first-order chi connectivity index (χ1) is 13.3. The Labute approximate surface area is 159 Å². The number of fused-ring (bicyclic) bond motifs is 3. The molecule has 0 fully saturated rings. The van der Waals surface area contributed by atoms with Crippen molar-refractivity contribution in [2.24, 2.45) is 0 Å². The van der Waals surface area contributed by atoms with Crippen molar-refractivity contribution in [3.05, 3.63) is 57.6 Å². The number of carbonyl (C=O) groups excluding carboxylic acids is 4. The highest BCUT2D eigenvalue weighted by atomic mass is 16.5. The third-order valence-electron chi connectivity index (χ3n) is 5.59. The normalized spacial score (nSPS) is 20.1. The molecule has 2 aliphatic rings. The highest BCUT2D eigenvalue weighted by Crippen LogP contribution is 2.47. The zero-order chi connectivity index (χ0) is 20.2. The molecule has 0 radical (unpaired) electrons. The maximum Gasteiger partial charge on any atom is 0.298 e. The summed E-state index contributed by atoms with van der Waals surface area (Å²) >= 11 is 0. The van der Waals surface area contributed by atoms with Crippen molar-refractivity contribution in [2.75, 3.05) is 0 Å². The second-order valence-electron chi connectivity index (χ2n) is 7.07. The van der Waals surface area contributed by atoms with Gasteiger partial charge in [-0.15, -0.1) is 0 Å². The van der Waals surface area contributed by atoms with E-state index in [4.69, 9.17) is 4.74 Å². The molecule has 7 heteroatoms. The minimum absolute atomic E-state index is 0.0432. The number of hydrogen-bond acceptors (Lipinski definition) is 7. The molecule has 28 heavy (non-hydrogen) atoms. The number of aliphatic hydroxyl groups is 1. The highest BCUT2D eigenvalue weighted by molar-refractivity contribution is 6.30. The van der Waals surface area contributed by atoms with E-state index in [0.29, 0.717) is 5.56 Å². The summed E-state index contributed by atoms with van der Waals surface area (Å²) in [5.41, 5.74) is -1.37. The lowest BCUT2D eigenvalue weighted by atomic mass is 9.73. The second kappa shape index (κ2) is 6.10. The van der Waals surface area contributed by atoms with Crippen LogP contribution in [-0.4, -0.2) is 39.6 Å². The molecule has 0 bridgehead atoms. The van der Waals surface area contributed by atoms with Crippen LogP contribution in [0.5, 0.6) is 11.5 Å². The predicted molar refractivity (Wildman–Crippen MR) is 95.8 cm³/mol. The van der Waals surface area contributed by atoms with Crippen molar-refractivity contribution in [1.29, 1.82) is 0 Å². The van der Waals surface area contributed by atoms with Crippen LogP contribution in [0.1, 0.15) is 56.3 Å². The number of hydrogen-bond donors (Lipinski definition) is 2. The number of ketones is 3. The number of phenols is 1. The molecule has 0 spiro atoms. The van der Waals surface area contributed by atoms with E-state index in [0.717, 1.165) is 0 Å². The van der Waals surface area contributed by atoms with Gasteiger partial charge in [0.25, 0.3) is 6.47 Å². The number of carbonyl (C=O) groups is 4. The van der Waals surface area contributed by atoms with Crippen LogP contribution in [-0.2, 0) is 22.4 Å². The van der Waals surface area contributed by atoms with Crippen LogP contribution in [0.15, 0.2) is 24.3 Å². The van der Waals surface area contributed by atoms with Gasteiger partial charge < -0.3 is 14.9 Å². The number of phenolic OH excluding ortho intramolecular Hbond substituents is 1. The van der Waals surface area contributed by atoms with Crippen LogP contribution < -0.4 is 4.74 Å². The Bertz CT molecular complexity index is 1080. The van der Waals surface area contributed by atoms with Crippen LogP contribution in [0.2, 0.25) is 0 Å². The van der Waals surface area contributed by atoms with E-state index < -0.39 is 28.7 Å². The summed E-state index contributed by atoms with van der Waals surface area (Å²) in [5.74, 6) is -2.15. The standard InChI is InChI=1S/C21H16O7/c1-10(23)21(27)7-6-13-14(8-21)19(26)15-16(20(13)28-9-22)18(25)12-5-3-2-4-11(12)17(15)24/h2-5,9,26-27H,6-8H2,1H3/t21-/m1/s1. The van der Waals surface area contributed by atoms with Gasteiger partial charge in [0, 0.05) is 28.7 Å². The third-order valence-corrected chi connectivity index (χ3v) is 5.59. The van der Waals surface area contributed by atoms with Crippen molar-refractivity contribution in [3.63, 3.8) is 0 Å². The van der Waals surface area contributed by atoms with Gasteiger partial charge in [-0.3, -0.25) is 19.2 Å². The summed E-state index contributed by atoms with van der Waals surface area (Å²) < 4.78 is 5.09. The molecule has 2 N–H and O–H groups in total. The van der Waals surface area contributed by atoms with Gasteiger partial charge in [-0.1, -0.05) is 24.3 Å². The second-order valence-corrected chi connectivity index (χ2v) is 7.07. The van der Waals surface area contributed by atoms with E-state index in [1.54, 1.807) is 12.1 Å². The quantitative estimate of drug-likeness (QED) is 0.661. The summed E-state index contributed by atoms with van der Waals surface area (Å²) in [7, 11) is 0. The maximum absolute atomic E-state index is 13.1. The number of benzene rings is 2. The number of Topliss-reactive ketones (excluding diaryl/α,β-unsaturated/α-hetero) is 1. The minimum atomic E-state index is -1.70. The number of ether oxygens (including phenoxy) is 1. The number of aromatic hydroxyl groups is 1. The van der Waals surface area contributed by atoms with Gasteiger partial charge in [0.2, 0.25) is 0 Å². The van der Waals surface area contributed by atoms with Gasteiger partial charge in [0.05, 0.1) is 11.1 Å². The zero-order valence-electron chi connectivity index (χ0n) is 14.9. The first kappa shape index (κ1) is 18.1. The number of rotatable bonds is 3. The monoisotopic (exact) mass is 380 g/mol. The Morgan fingerprint density at radius 2 is 1.71 bits per heavy atom. The van der Waals surface area contributed by atoms with Crippen molar-refractivity contribution in [1.82, 2.24) is 0 Å². The first-order valence-electron chi connectivity index (χ1n) is 8.73. The lowest BCUT2D eigenvalue weighted by Gasteiger charge is -2.34. The fourth-order valence-corrected chi connectivity index (χ4v) is 4.05. The largest absolute Gasteiger partial charge is 0.507 e. The Kier molecular flexibility index (Phi) is 3.94. The fourth-order valence-electron chi connectivity index (χ4n) is 4.05. The first-order valence-corrected chi connectivity index (χ1v) is 8.73. The Hall–Kier alpha value is -3.32. The van der Waals surface area contributed by atoms with E-state index in [1.165, 1.54) is 19.1 Å². The van der Waals surface area contributed by atoms with Gasteiger partial charge in [-0.25, -0.2) is 0 Å². The van der Waals surface area contributed by atoms with Crippen LogP contribution in [0, 0.1) is 0 Å². The van der Waals surface area contributed by atoms with Crippen LogP contribution >= 0.6 is 0 Å². The van der Waals surface area contributed by atoms with Gasteiger partial charge in [-0.2, -0.15) is 0 Å². The van der Waals surface area contributed by atoms with Crippen LogP contribution in [0.3, 0.4) is 0 Å².